The van der Waals surface area contributed by atoms with Crippen LogP contribution in [0.3, 0.4) is 0 Å². The number of ether oxygens (including phenoxy) is 2. The standard InChI is InChI=1S/C21H28BrNO2/c1-4-6-11-23-14-18-12-19(22)21(20(13-18)24-5-2)25-15-17-9-7-16(3)8-10-17/h7-10,12-13,23H,4-6,11,14-15H2,1-3H3. The highest BCUT2D eigenvalue weighted by molar-refractivity contribution is 9.10. The van der Waals surface area contributed by atoms with Crippen LogP contribution in [0, 0.1) is 6.92 Å². The summed E-state index contributed by atoms with van der Waals surface area (Å²) in [5.74, 6) is 1.55. The number of nitrogens with one attached hydrogen (secondary N) is 1. The van der Waals surface area contributed by atoms with Crippen molar-refractivity contribution in [2.75, 3.05) is 13.2 Å². The highest BCUT2D eigenvalue weighted by Crippen LogP contribution is 2.37. The summed E-state index contributed by atoms with van der Waals surface area (Å²) in [6.07, 6.45) is 2.39. The van der Waals surface area contributed by atoms with Crippen LogP contribution in [0.1, 0.15) is 43.4 Å². The number of aryl methyl sites for hydroxylation is 1. The molecule has 0 atom stereocenters. The summed E-state index contributed by atoms with van der Waals surface area (Å²) in [7, 11) is 0. The molecule has 0 aliphatic carbocycles. The largest absolute Gasteiger partial charge is 0.490 e. The average molecular weight is 406 g/mol. The van der Waals surface area contributed by atoms with Gasteiger partial charge in [-0.1, -0.05) is 43.2 Å². The van der Waals surface area contributed by atoms with Gasteiger partial charge in [0.1, 0.15) is 6.61 Å². The van der Waals surface area contributed by atoms with Crippen LogP contribution in [-0.2, 0) is 13.2 Å². The predicted octanol–water partition coefficient (Wildman–Crippen LogP) is 5.62. The van der Waals surface area contributed by atoms with Gasteiger partial charge in [0.15, 0.2) is 11.5 Å². The SMILES string of the molecule is CCCCNCc1cc(Br)c(OCc2ccc(C)cc2)c(OCC)c1. The first kappa shape index (κ1) is 19.8. The van der Waals surface area contributed by atoms with E-state index in [4.69, 9.17) is 9.47 Å². The zero-order valence-electron chi connectivity index (χ0n) is 15.4. The molecule has 0 spiro atoms. The average Bonchev–Trinajstić information content (AvgIpc) is 2.60. The first-order valence-electron chi connectivity index (χ1n) is 8.98. The van der Waals surface area contributed by atoms with Crippen LogP contribution in [-0.4, -0.2) is 13.2 Å². The van der Waals surface area contributed by atoms with Gasteiger partial charge in [0.25, 0.3) is 0 Å². The molecular formula is C21H28BrNO2. The fourth-order valence-corrected chi connectivity index (χ4v) is 3.10. The third-order valence-electron chi connectivity index (χ3n) is 3.91. The van der Waals surface area contributed by atoms with Crippen molar-refractivity contribution < 1.29 is 9.47 Å². The summed E-state index contributed by atoms with van der Waals surface area (Å²) in [5.41, 5.74) is 3.58. The highest BCUT2D eigenvalue weighted by atomic mass is 79.9. The normalized spacial score (nSPS) is 10.7. The monoisotopic (exact) mass is 405 g/mol. The first-order chi connectivity index (χ1) is 12.1. The number of hydrogen-bond donors (Lipinski definition) is 1. The van der Waals surface area contributed by atoms with Gasteiger partial charge in [-0.15, -0.1) is 0 Å². The molecule has 0 aliphatic rings. The summed E-state index contributed by atoms with van der Waals surface area (Å²) in [6.45, 7) is 9.27. The van der Waals surface area contributed by atoms with Gasteiger partial charge in [-0.05, 0) is 66.0 Å². The lowest BCUT2D eigenvalue weighted by atomic mass is 10.1. The molecule has 0 aliphatic heterocycles. The van der Waals surface area contributed by atoms with E-state index in [1.54, 1.807) is 0 Å². The maximum atomic E-state index is 6.05. The maximum absolute atomic E-state index is 6.05. The van der Waals surface area contributed by atoms with Crippen molar-refractivity contribution in [1.29, 1.82) is 0 Å². The predicted molar refractivity (Wildman–Crippen MR) is 107 cm³/mol. The summed E-state index contributed by atoms with van der Waals surface area (Å²) >= 11 is 3.64. The smallest absolute Gasteiger partial charge is 0.175 e. The molecule has 136 valence electrons. The number of unbranched alkanes of at least 4 members (excludes halogenated alkanes) is 1. The molecule has 0 fully saturated rings. The Labute approximate surface area is 159 Å². The van der Waals surface area contributed by atoms with E-state index in [1.807, 2.05) is 6.92 Å². The summed E-state index contributed by atoms with van der Waals surface area (Å²) in [5, 5.41) is 3.46. The van der Waals surface area contributed by atoms with Crippen LogP contribution in [0.5, 0.6) is 11.5 Å². The third-order valence-corrected chi connectivity index (χ3v) is 4.50. The second-order valence-corrected chi connectivity index (χ2v) is 7.00. The molecule has 2 aromatic rings. The van der Waals surface area contributed by atoms with Crippen LogP contribution in [0.4, 0.5) is 0 Å². The first-order valence-corrected chi connectivity index (χ1v) is 9.77. The van der Waals surface area contributed by atoms with E-state index in [0.29, 0.717) is 13.2 Å². The Kier molecular flexibility index (Phi) is 8.29. The zero-order valence-corrected chi connectivity index (χ0v) is 17.0. The molecule has 0 bridgehead atoms. The van der Waals surface area contributed by atoms with E-state index in [1.165, 1.54) is 24.0 Å². The molecule has 0 heterocycles. The number of hydrogen-bond acceptors (Lipinski definition) is 3. The summed E-state index contributed by atoms with van der Waals surface area (Å²) in [4.78, 5) is 0. The lowest BCUT2D eigenvalue weighted by molar-refractivity contribution is 0.267. The number of halogens is 1. The minimum Gasteiger partial charge on any atom is -0.490 e. The Balaban J connectivity index is 2.08. The second kappa shape index (κ2) is 10.5. The topological polar surface area (TPSA) is 30.5 Å². The van der Waals surface area contributed by atoms with Crippen LogP contribution >= 0.6 is 15.9 Å². The number of benzene rings is 2. The van der Waals surface area contributed by atoms with Gasteiger partial charge in [-0.2, -0.15) is 0 Å². The molecule has 2 aromatic carbocycles. The molecule has 0 amide bonds. The minimum absolute atomic E-state index is 0.521. The van der Waals surface area contributed by atoms with Crippen molar-refractivity contribution in [3.8, 4) is 11.5 Å². The van der Waals surface area contributed by atoms with Crippen molar-refractivity contribution in [1.82, 2.24) is 5.32 Å². The highest BCUT2D eigenvalue weighted by Gasteiger charge is 2.12. The van der Waals surface area contributed by atoms with E-state index in [0.717, 1.165) is 34.6 Å². The van der Waals surface area contributed by atoms with Gasteiger partial charge in [0.05, 0.1) is 11.1 Å². The molecule has 3 nitrogen and oxygen atoms in total. The van der Waals surface area contributed by atoms with Crippen molar-refractivity contribution >= 4 is 15.9 Å². The molecule has 0 radical (unpaired) electrons. The Bertz CT molecular complexity index is 656. The van der Waals surface area contributed by atoms with Crippen molar-refractivity contribution in [2.45, 2.75) is 46.8 Å². The molecular weight excluding hydrogens is 378 g/mol. The van der Waals surface area contributed by atoms with E-state index < -0.39 is 0 Å². The fourth-order valence-electron chi connectivity index (χ4n) is 2.50. The van der Waals surface area contributed by atoms with Gasteiger partial charge < -0.3 is 14.8 Å². The molecule has 4 heteroatoms. The summed E-state index contributed by atoms with van der Waals surface area (Å²) in [6, 6.07) is 12.6. The van der Waals surface area contributed by atoms with Crippen molar-refractivity contribution in [3.63, 3.8) is 0 Å². The molecule has 0 aromatic heterocycles. The minimum atomic E-state index is 0.521. The Morgan fingerprint density at radius 3 is 2.44 bits per heavy atom. The lowest BCUT2D eigenvalue weighted by Gasteiger charge is -2.16. The van der Waals surface area contributed by atoms with E-state index in [2.05, 4.69) is 71.5 Å². The molecule has 0 saturated carbocycles. The molecule has 25 heavy (non-hydrogen) atoms. The van der Waals surface area contributed by atoms with Gasteiger partial charge in [-0.3, -0.25) is 0 Å². The van der Waals surface area contributed by atoms with E-state index in [9.17, 15) is 0 Å². The van der Waals surface area contributed by atoms with Crippen LogP contribution in [0.2, 0.25) is 0 Å². The Hall–Kier alpha value is -1.52. The maximum Gasteiger partial charge on any atom is 0.175 e. The summed E-state index contributed by atoms with van der Waals surface area (Å²) < 4.78 is 12.8. The lowest BCUT2D eigenvalue weighted by Crippen LogP contribution is -2.14. The molecule has 1 N–H and O–H groups in total. The van der Waals surface area contributed by atoms with Gasteiger partial charge >= 0.3 is 0 Å². The van der Waals surface area contributed by atoms with Crippen LogP contribution < -0.4 is 14.8 Å². The van der Waals surface area contributed by atoms with Gasteiger partial charge in [0, 0.05) is 6.54 Å². The van der Waals surface area contributed by atoms with Gasteiger partial charge in [-0.25, -0.2) is 0 Å². The molecule has 0 saturated heterocycles. The second-order valence-electron chi connectivity index (χ2n) is 6.14. The Morgan fingerprint density at radius 2 is 1.76 bits per heavy atom. The third kappa shape index (κ3) is 6.37. The Morgan fingerprint density at radius 1 is 1.00 bits per heavy atom. The van der Waals surface area contributed by atoms with Crippen LogP contribution in [0.25, 0.3) is 0 Å². The number of rotatable bonds is 10. The van der Waals surface area contributed by atoms with Crippen molar-refractivity contribution in [2.24, 2.45) is 0 Å². The van der Waals surface area contributed by atoms with Crippen LogP contribution in [0.15, 0.2) is 40.9 Å². The zero-order chi connectivity index (χ0) is 18.1. The molecule has 0 unspecified atom stereocenters. The van der Waals surface area contributed by atoms with E-state index in [-0.39, 0.29) is 0 Å². The molecule has 2 rings (SSSR count). The van der Waals surface area contributed by atoms with E-state index >= 15 is 0 Å². The van der Waals surface area contributed by atoms with Gasteiger partial charge in [0.2, 0.25) is 0 Å². The fraction of sp³-hybridized carbons (Fsp3) is 0.429. The quantitative estimate of drug-likeness (QED) is 0.519. The van der Waals surface area contributed by atoms with Crippen molar-refractivity contribution in [3.05, 3.63) is 57.6 Å².